The summed E-state index contributed by atoms with van der Waals surface area (Å²) in [6.07, 6.45) is 0. The third-order valence-corrected chi connectivity index (χ3v) is 2.21. The maximum absolute atomic E-state index is 3.94. The number of hydrogen-bond acceptors (Lipinski definition) is 1. The third-order valence-electron chi connectivity index (χ3n) is 2.21. The zero-order valence-corrected chi connectivity index (χ0v) is 8.65. The molecular formula is C12H17N. The van der Waals surface area contributed by atoms with Crippen molar-refractivity contribution >= 4 is 5.57 Å². The smallest absolute Gasteiger partial charge is 0.0205 e. The topological polar surface area (TPSA) is 12.0 Å². The molecule has 1 heteroatoms. The van der Waals surface area contributed by atoms with Gasteiger partial charge in [-0.15, -0.1) is 0 Å². The average Bonchev–Trinajstić information content (AvgIpc) is 2.08. The molecule has 0 spiro atoms. The molecule has 0 aromatic heterocycles. The Morgan fingerprint density at radius 2 is 2.15 bits per heavy atom. The molecule has 0 heterocycles. The van der Waals surface area contributed by atoms with Gasteiger partial charge in [0.05, 0.1) is 0 Å². The number of benzene rings is 1. The molecule has 1 rings (SSSR count). The lowest BCUT2D eigenvalue weighted by atomic mass is 10.0. The maximum atomic E-state index is 3.94. The van der Waals surface area contributed by atoms with Crippen LogP contribution in [-0.2, 0) is 6.54 Å². The van der Waals surface area contributed by atoms with Gasteiger partial charge in [0.1, 0.15) is 0 Å². The van der Waals surface area contributed by atoms with E-state index in [1.807, 2.05) is 14.0 Å². The van der Waals surface area contributed by atoms with Crippen LogP contribution in [0.15, 0.2) is 24.8 Å². The first-order valence-electron chi connectivity index (χ1n) is 4.55. The van der Waals surface area contributed by atoms with Crippen molar-refractivity contribution in [2.24, 2.45) is 0 Å². The van der Waals surface area contributed by atoms with Crippen LogP contribution in [0, 0.1) is 6.92 Å². The predicted molar refractivity (Wildman–Crippen MR) is 58.7 cm³/mol. The highest BCUT2D eigenvalue weighted by atomic mass is 14.8. The first-order chi connectivity index (χ1) is 6.15. The van der Waals surface area contributed by atoms with Crippen LogP contribution in [0.4, 0.5) is 0 Å². The van der Waals surface area contributed by atoms with Gasteiger partial charge < -0.3 is 5.32 Å². The van der Waals surface area contributed by atoms with Crippen LogP contribution in [0.25, 0.3) is 5.57 Å². The Balaban J connectivity index is 3.03. The van der Waals surface area contributed by atoms with E-state index in [0.717, 1.165) is 12.1 Å². The Kier molecular flexibility index (Phi) is 3.26. The molecule has 13 heavy (non-hydrogen) atoms. The fraction of sp³-hybridized carbons (Fsp3) is 0.333. The highest BCUT2D eigenvalue weighted by Gasteiger charge is 1.99. The van der Waals surface area contributed by atoms with Gasteiger partial charge in [0, 0.05) is 6.54 Å². The summed E-state index contributed by atoms with van der Waals surface area (Å²) in [6.45, 7) is 9.03. The minimum absolute atomic E-state index is 0.924. The molecule has 1 N–H and O–H groups in total. The maximum Gasteiger partial charge on any atom is 0.0205 e. The molecule has 0 unspecified atom stereocenters. The quantitative estimate of drug-likeness (QED) is 0.745. The zero-order valence-electron chi connectivity index (χ0n) is 8.65. The standard InChI is InChI=1S/C12H17N/c1-9(2)11-6-5-10(3)12(7-11)8-13-4/h5-7,13H,1,8H2,2-4H3. The van der Waals surface area contributed by atoms with Crippen molar-refractivity contribution in [3.8, 4) is 0 Å². The van der Waals surface area contributed by atoms with Gasteiger partial charge in [-0.25, -0.2) is 0 Å². The van der Waals surface area contributed by atoms with Gasteiger partial charge in [0.15, 0.2) is 0 Å². The van der Waals surface area contributed by atoms with Crippen molar-refractivity contribution in [1.29, 1.82) is 0 Å². The van der Waals surface area contributed by atoms with Gasteiger partial charge in [-0.2, -0.15) is 0 Å². The molecule has 0 saturated heterocycles. The fourth-order valence-corrected chi connectivity index (χ4v) is 1.32. The van der Waals surface area contributed by atoms with Crippen LogP contribution >= 0.6 is 0 Å². The van der Waals surface area contributed by atoms with E-state index in [2.05, 4.69) is 37.0 Å². The third kappa shape index (κ3) is 2.43. The number of hydrogen-bond donors (Lipinski definition) is 1. The van der Waals surface area contributed by atoms with E-state index in [4.69, 9.17) is 0 Å². The molecular weight excluding hydrogens is 158 g/mol. The largest absolute Gasteiger partial charge is 0.316 e. The lowest BCUT2D eigenvalue weighted by Crippen LogP contribution is -2.06. The van der Waals surface area contributed by atoms with Crippen molar-refractivity contribution in [1.82, 2.24) is 5.32 Å². The van der Waals surface area contributed by atoms with Gasteiger partial charge in [0.2, 0.25) is 0 Å². The van der Waals surface area contributed by atoms with Crippen molar-refractivity contribution in [3.05, 3.63) is 41.5 Å². The van der Waals surface area contributed by atoms with Crippen molar-refractivity contribution in [3.63, 3.8) is 0 Å². The van der Waals surface area contributed by atoms with E-state index in [1.54, 1.807) is 0 Å². The second-order valence-corrected chi connectivity index (χ2v) is 3.45. The Labute approximate surface area is 80.5 Å². The summed E-state index contributed by atoms with van der Waals surface area (Å²) in [5.41, 5.74) is 5.04. The second-order valence-electron chi connectivity index (χ2n) is 3.45. The minimum atomic E-state index is 0.924. The molecule has 0 aliphatic heterocycles. The predicted octanol–water partition coefficient (Wildman–Crippen LogP) is 2.75. The summed E-state index contributed by atoms with van der Waals surface area (Å²) < 4.78 is 0. The summed E-state index contributed by atoms with van der Waals surface area (Å²) in [7, 11) is 1.97. The van der Waals surface area contributed by atoms with Crippen LogP contribution in [0.1, 0.15) is 23.6 Å². The lowest BCUT2D eigenvalue weighted by Gasteiger charge is -2.07. The molecule has 70 valence electrons. The van der Waals surface area contributed by atoms with Gasteiger partial charge >= 0.3 is 0 Å². The molecule has 0 radical (unpaired) electrons. The summed E-state index contributed by atoms with van der Waals surface area (Å²) in [4.78, 5) is 0. The van der Waals surface area contributed by atoms with Crippen LogP contribution in [-0.4, -0.2) is 7.05 Å². The molecule has 0 atom stereocenters. The molecule has 0 aliphatic carbocycles. The molecule has 0 aliphatic rings. The second kappa shape index (κ2) is 4.24. The Hall–Kier alpha value is -1.08. The molecule has 0 saturated carbocycles. The molecule has 1 aromatic carbocycles. The summed E-state index contributed by atoms with van der Waals surface area (Å²) in [5, 5.41) is 3.16. The summed E-state index contributed by atoms with van der Waals surface area (Å²) >= 11 is 0. The van der Waals surface area contributed by atoms with E-state index >= 15 is 0 Å². The van der Waals surface area contributed by atoms with Crippen molar-refractivity contribution < 1.29 is 0 Å². The highest BCUT2D eigenvalue weighted by Crippen LogP contribution is 2.16. The summed E-state index contributed by atoms with van der Waals surface area (Å²) in [6, 6.07) is 6.47. The van der Waals surface area contributed by atoms with E-state index in [1.165, 1.54) is 16.7 Å². The van der Waals surface area contributed by atoms with Crippen LogP contribution < -0.4 is 5.32 Å². The average molecular weight is 175 g/mol. The number of rotatable bonds is 3. The van der Waals surface area contributed by atoms with Crippen molar-refractivity contribution in [2.45, 2.75) is 20.4 Å². The highest BCUT2D eigenvalue weighted by molar-refractivity contribution is 5.62. The zero-order chi connectivity index (χ0) is 9.84. The first kappa shape index (κ1) is 10.0. The van der Waals surface area contributed by atoms with Crippen LogP contribution in [0.5, 0.6) is 0 Å². The summed E-state index contributed by atoms with van der Waals surface area (Å²) in [5.74, 6) is 0. The number of nitrogens with one attached hydrogen (secondary N) is 1. The van der Waals surface area contributed by atoms with E-state index in [9.17, 15) is 0 Å². The van der Waals surface area contributed by atoms with E-state index < -0.39 is 0 Å². The first-order valence-corrected chi connectivity index (χ1v) is 4.55. The number of aryl methyl sites for hydroxylation is 1. The van der Waals surface area contributed by atoms with Gasteiger partial charge in [-0.1, -0.05) is 24.3 Å². The minimum Gasteiger partial charge on any atom is -0.316 e. The van der Waals surface area contributed by atoms with Gasteiger partial charge in [0.25, 0.3) is 0 Å². The molecule has 1 aromatic rings. The van der Waals surface area contributed by atoms with Crippen LogP contribution in [0.3, 0.4) is 0 Å². The monoisotopic (exact) mass is 175 g/mol. The van der Waals surface area contributed by atoms with Gasteiger partial charge in [-0.3, -0.25) is 0 Å². The van der Waals surface area contributed by atoms with E-state index in [-0.39, 0.29) is 0 Å². The molecule has 0 amide bonds. The van der Waals surface area contributed by atoms with E-state index in [0.29, 0.717) is 0 Å². The molecule has 0 bridgehead atoms. The SMILES string of the molecule is C=C(C)c1ccc(C)c(CNC)c1. The Morgan fingerprint density at radius 3 is 2.69 bits per heavy atom. The molecule has 1 nitrogen and oxygen atoms in total. The molecule has 0 fully saturated rings. The lowest BCUT2D eigenvalue weighted by molar-refractivity contribution is 0.812. The van der Waals surface area contributed by atoms with Gasteiger partial charge in [-0.05, 0) is 43.7 Å². The Bertz CT molecular complexity index is 313. The van der Waals surface area contributed by atoms with Crippen LogP contribution in [0.2, 0.25) is 0 Å². The Morgan fingerprint density at radius 1 is 1.46 bits per heavy atom. The van der Waals surface area contributed by atoms with Crippen molar-refractivity contribution in [2.75, 3.05) is 7.05 Å². The normalized spacial score (nSPS) is 10.1. The fourth-order valence-electron chi connectivity index (χ4n) is 1.32. The number of allylic oxidation sites excluding steroid dienone is 1.